The summed E-state index contributed by atoms with van der Waals surface area (Å²) in [5, 5.41) is 17.0. The van der Waals surface area contributed by atoms with Gasteiger partial charge in [-0.1, -0.05) is 41.6 Å². The Labute approximate surface area is 140 Å². The number of nitrogens with one attached hydrogen (secondary N) is 2. The van der Waals surface area contributed by atoms with Gasteiger partial charge in [0.25, 0.3) is 0 Å². The minimum absolute atomic E-state index is 0.150. The summed E-state index contributed by atoms with van der Waals surface area (Å²) in [5.41, 5.74) is 4.13. The van der Waals surface area contributed by atoms with Gasteiger partial charge in [-0.2, -0.15) is 5.21 Å². The number of benzene rings is 2. The fraction of sp³-hybridized carbons (Fsp3) is 0.222. The molecular formula is C18H19N5O. The van der Waals surface area contributed by atoms with Gasteiger partial charge in [0, 0.05) is 5.69 Å². The lowest BCUT2D eigenvalue weighted by Gasteiger charge is -2.14. The topological polar surface area (TPSA) is 83.6 Å². The Balaban J connectivity index is 1.82. The van der Waals surface area contributed by atoms with Crippen LogP contribution in [0.4, 0.5) is 5.69 Å². The molecule has 0 aliphatic carbocycles. The number of tetrazole rings is 1. The Hall–Kier alpha value is -3.02. The molecule has 122 valence electrons. The molecule has 0 spiro atoms. The van der Waals surface area contributed by atoms with Crippen LogP contribution in [0.5, 0.6) is 0 Å². The van der Waals surface area contributed by atoms with Crippen molar-refractivity contribution in [2.45, 2.75) is 26.2 Å². The number of hydrogen-bond donors (Lipinski definition) is 2. The molecule has 1 aromatic heterocycles. The van der Waals surface area contributed by atoms with Crippen LogP contribution < -0.4 is 5.32 Å². The first kappa shape index (κ1) is 15.9. The number of carbonyl (C=O) groups excluding carboxylic acids is 1. The van der Waals surface area contributed by atoms with E-state index in [9.17, 15) is 4.79 Å². The highest BCUT2D eigenvalue weighted by Gasteiger charge is 2.25. The Morgan fingerprint density at radius 2 is 1.92 bits per heavy atom. The van der Waals surface area contributed by atoms with Crippen molar-refractivity contribution in [3.05, 3.63) is 71.0 Å². The smallest absolute Gasteiger partial charge is 0.235 e. The molecule has 0 bridgehead atoms. The lowest BCUT2D eigenvalue weighted by molar-refractivity contribution is -0.117. The van der Waals surface area contributed by atoms with Crippen LogP contribution in [-0.2, 0) is 11.2 Å². The average molecular weight is 321 g/mol. The number of aromatic amines is 1. The van der Waals surface area contributed by atoms with Crippen molar-refractivity contribution in [1.29, 1.82) is 0 Å². The van der Waals surface area contributed by atoms with E-state index in [0.29, 0.717) is 12.2 Å². The van der Waals surface area contributed by atoms with Gasteiger partial charge < -0.3 is 5.32 Å². The van der Waals surface area contributed by atoms with Gasteiger partial charge >= 0.3 is 0 Å². The molecule has 0 radical (unpaired) electrons. The zero-order chi connectivity index (χ0) is 16.9. The van der Waals surface area contributed by atoms with Crippen LogP contribution >= 0.6 is 0 Å². The first-order valence-electron chi connectivity index (χ1n) is 7.79. The summed E-state index contributed by atoms with van der Waals surface area (Å²) >= 11 is 0. The van der Waals surface area contributed by atoms with E-state index in [-0.39, 0.29) is 5.91 Å². The van der Waals surface area contributed by atoms with Crippen LogP contribution in [0.1, 0.15) is 28.4 Å². The molecule has 0 fully saturated rings. The van der Waals surface area contributed by atoms with Crippen molar-refractivity contribution in [2.24, 2.45) is 0 Å². The van der Waals surface area contributed by atoms with Crippen molar-refractivity contribution in [1.82, 2.24) is 20.6 Å². The van der Waals surface area contributed by atoms with Gasteiger partial charge in [0.2, 0.25) is 5.91 Å². The molecule has 0 saturated carbocycles. The molecular weight excluding hydrogens is 302 g/mol. The fourth-order valence-electron chi connectivity index (χ4n) is 2.52. The first-order valence-corrected chi connectivity index (χ1v) is 7.79. The lowest BCUT2D eigenvalue weighted by atomic mass is 9.97. The van der Waals surface area contributed by atoms with Gasteiger partial charge in [-0.3, -0.25) is 4.79 Å². The van der Waals surface area contributed by atoms with E-state index >= 15 is 0 Å². The van der Waals surface area contributed by atoms with Crippen molar-refractivity contribution >= 4 is 11.6 Å². The molecule has 6 nitrogen and oxygen atoms in total. The third kappa shape index (κ3) is 3.65. The van der Waals surface area contributed by atoms with E-state index in [2.05, 4.69) is 25.9 Å². The normalized spacial score (nSPS) is 11.9. The minimum atomic E-state index is -0.507. The summed E-state index contributed by atoms with van der Waals surface area (Å²) in [6, 6.07) is 15.7. The molecule has 0 aliphatic heterocycles. The van der Waals surface area contributed by atoms with Gasteiger partial charge in [-0.15, -0.1) is 10.2 Å². The average Bonchev–Trinajstić information content (AvgIpc) is 3.11. The maximum Gasteiger partial charge on any atom is 0.235 e. The first-order chi connectivity index (χ1) is 11.6. The molecule has 3 aromatic rings. The van der Waals surface area contributed by atoms with Crippen LogP contribution in [0, 0.1) is 13.8 Å². The third-order valence-electron chi connectivity index (χ3n) is 4.05. The quantitative estimate of drug-likeness (QED) is 0.757. The third-order valence-corrected chi connectivity index (χ3v) is 4.05. The SMILES string of the molecule is Cc1ccc(NC(=O)C(Cc2ccccc2)c2nn[nH]n2)cc1C. The van der Waals surface area contributed by atoms with Gasteiger partial charge in [-0.05, 0) is 49.1 Å². The zero-order valence-electron chi connectivity index (χ0n) is 13.7. The molecule has 6 heteroatoms. The Bertz CT molecular complexity index is 815. The summed E-state index contributed by atoms with van der Waals surface area (Å²) in [7, 11) is 0. The number of aryl methyl sites for hydroxylation is 2. The molecule has 1 amide bonds. The number of H-pyrrole nitrogens is 1. The highest BCUT2D eigenvalue weighted by Crippen LogP contribution is 2.21. The Kier molecular flexibility index (Phi) is 4.65. The number of carbonyl (C=O) groups is 1. The second-order valence-corrected chi connectivity index (χ2v) is 5.80. The second kappa shape index (κ2) is 7.04. The van der Waals surface area contributed by atoms with Crippen molar-refractivity contribution in [2.75, 3.05) is 5.32 Å². The second-order valence-electron chi connectivity index (χ2n) is 5.80. The van der Waals surface area contributed by atoms with Crippen LogP contribution in [-0.4, -0.2) is 26.5 Å². The minimum Gasteiger partial charge on any atom is -0.325 e. The van der Waals surface area contributed by atoms with Crippen molar-refractivity contribution < 1.29 is 4.79 Å². The molecule has 0 aliphatic rings. The summed E-state index contributed by atoms with van der Waals surface area (Å²) in [4.78, 5) is 12.8. The number of anilines is 1. The standard InChI is InChI=1S/C18H19N5O/c1-12-8-9-15(10-13(12)2)19-18(24)16(17-20-22-23-21-17)11-14-6-4-3-5-7-14/h3-10,16H,11H2,1-2H3,(H,19,24)(H,20,21,22,23). The van der Waals surface area contributed by atoms with Crippen molar-refractivity contribution in [3.8, 4) is 0 Å². The molecule has 0 saturated heterocycles. The van der Waals surface area contributed by atoms with E-state index in [1.165, 1.54) is 5.56 Å². The molecule has 1 atom stereocenters. The van der Waals surface area contributed by atoms with Crippen LogP contribution in [0.25, 0.3) is 0 Å². The molecule has 3 rings (SSSR count). The van der Waals surface area contributed by atoms with E-state index in [1.807, 2.05) is 62.4 Å². The van der Waals surface area contributed by atoms with Gasteiger partial charge in [0.1, 0.15) is 5.92 Å². The molecule has 2 aromatic carbocycles. The number of amides is 1. The zero-order valence-corrected chi connectivity index (χ0v) is 13.7. The molecule has 2 N–H and O–H groups in total. The van der Waals surface area contributed by atoms with Gasteiger partial charge in [0.05, 0.1) is 0 Å². The maximum absolute atomic E-state index is 12.8. The number of rotatable bonds is 5. The van der Waals surface area contributed by atoms with Crippen molar-refractivity contribution in [3.63, 3.8) is 0 Å². The van der Waals surface area contributed by atoms with Gasteiger partial charge in [0.15, 0.2) is 5.82 Å². The van der Waals surface area contributed by atoms with E-state index in [1.54, 1.807) is 0 Å². The lowest BCUT2D eigenvalue weighted by Crippen LogP contribution is -2.24. The fourth-order valence-corrected chi connectivity index (χ4v) is 2.52. The Morgan fingerprint density at radius 3 is 2.58 bits per heavy atom. The number of aromatic nitrogens is 4. The maximum atomic E-state index is 12.8. The highest BCUT2D eigenvalue weighted by atomic mass is 16.1. The summed E-state index contributed by atoms with van der Waals surface area (Å²) < 4.78 is 0. The van der Waals surface area contributed by atoms with E-state index in [0.717, 1.165) is 16.8 Å². The molecule has 24 heavy (non-hydrogen) atoms. The Morgan fingerprint density at radius 1 is 1.12 bits per heavy atom. The van der Waals surface area contributed by atoms with Crippen LogP contribution in [0.3, 0.4) is 0 Å². The summed E-state index contributed by atoms with van der Waals surface area (Å²) in [5.74, 6) is -0.267. The van der Waals surface area contributed by atoms with Crippen LogP contribution in [0.15, 0.2) is 48.5 Å². The summed E-state index contributed by atoms with van der Waals surface area (Å²) in [6.07, 6.45) is 0.511. The highest BCUT2D eigenvalue weighted by molar-refractivity contribution is 5.95. The predicted molar refractivity (Wildman–Crippen MR) is 91.6 cm³/mol. The largest absolute Gasteiger partial charge is 0.325 e. The number of nitrogens with zero attached hydrogens (tertiary/aromatic N) is 3. The van der Waals surface area contributed by atoms with E-state index in [4.69, 9.17) is 0 Å². The van der Waals surface area contributed by atoms with Crippen LogP contribution in [0.2, 0.25) is 0 Å². The monoisotopic (exact) mass is 321 g/mol. The molecule has 1 heterocycles. The van der Waals surface area contributed by atoms with Gasteiger partial charge in [-0.25, -0.2) is 0 Å². The predicted octanol–water partition coefficient (Wildman–Crippen LogP) is 2.78. The van der Waals surface area contributed by atoms with E-state index < -0.39 is 5.92 Å². The number of hydrogen-bond acceptors (Lipinski definition) is 4. The molecule has 1 unspecified atom stereocenters. The summed E-state index contributed by atoms with van der Waals surface area (Å²) in [6.45, 7) is 4.06.